The third-order valence-corrected chi connectivity index (χ3v) is 3.62. The molecule has 2 aromatic rings. The second-order valence-electron chi connectivity index (χ2n) is 4.63. The Balaban J connectivity index is 1.97. The Morgan fingerprint density at radius 2 is 1.88 bits per heavy atom. The average Bonchev–Trinajstić information content (AvgIpc) is 2.59. The van der Waals surface area contributed by atoms with Gasteiger partial charge in [-0.3, -0.25) is 9.59 Å². The lowest BCUT2D eigenvalue weighted by Crippen LogP contribution is -2.33. The third-order valence-electron chi connectivity index (χ3n) is 2.82. The molecule has 1 heterocycles. The van der Waals surface area contributed by atoms with E-state index in [1.165, 1.54) is 12.3 Å². The van der Waals surface area contributed by atoms with Crippen molar-refractivity contribution in [1.82, 2.24) is 10.3 Å². The van der Waals surface area contributed by atoms with E-state index in [-0.39, 0.29) is 23.7 Å². The highest BCUT2D eigenvalue weighted by Gasteiger charge is 2.17. The molecule has 0 saturated carbocycles. The Morgan fingerprint density at radius 1 is 1.12 bits per heavy atom. The van der Waals surface area contributed by atoms with Gasteiger partial charge in [-0.15, -0.1) is 0 Å². The first kappa shape index (κ1) is 17.5. The zero-order chi connectivity index (χ0) is 17.4. The molecule has 0 bridgehead atoms. The molecule has 0 radical (unpaired) electrons. The van der Waals surface area contributed by atoms with E-state index in [9.17, 15) is 14.4 Å². The molecule has 1 aromatic heterocycles. The Kier molecular flexibility index (Phi) is 6.32. The number of hydrogen-bond acceptors (Lipinski definition) is 6. The van der Waals surface area contributed by atoms with Crippen LogP contribution in [0.3, 0.4) is 0 Å². The topological polar surface area (TPSA) is 111 Å². The van der Waals surface area contributed by atoms with Crippen LogP contribution in [0.4, 0.5) is 4.79 Å². The number of nitrogens with one attached hydrogen (secondary N) is 1. The zero-order valence-electron chi connectivity index (χ0n) is 12.6. The molecule has 3 N–H and O–H groups in total. The molecule has 2 rings (SSSR count). The quantitative estimate of drug-likeness (QED) is 0.609. The van der Waals surface area contributed by atoms with Gasteiger partial charge in [0.15, 0.2) is 0 Å². The summed E-state index contributed by atoms with van der Waals surface area (Å²) >= 11 is 0.703. The van der Waals surface area contributed by atoms with Crippen molar-refractivity contribution in [3.63, 3.8) is 0 Å². The summed E-state index contributed by atoms with van der Waals surface area (Å²) in [6, 6.07) is 12.3. The number of nitrogens with zero attached hydrogens (tertiary/aromatic N) is 1. The average molecular weight is 345 g/mol. The third kappa shape index (κ3) is 5.40. The SMILES string of the molecule is NC(=O)CNC(=O)c1cccnc1SC(=O)OCc1ccccc1. The van der Waals surface area contributed by atoms with Crippen LogP contribution < -0.4 is 11.1 Å². The Labute approximate surface area is 142 Å². The van der Waals surface area contributed by atoms with Crippen molar-refractivity contribution in [1.29, 1.82) is 0 Å². The lowest BCUT2D eigenvalue weighted by Gasteiger charge is -2.08. The molecule has 0 atom stereocenters. The Bertz CT molecular complexity index is 737. The van der Waals surface area contributed by atoms with Crippen LogP contribution in [0.5, 0.6) is 0 Å². The zero-order valence-corrected chi connectivity index (χ0v) is 13.4. The molecular weight excluding hydrogens is 330 g/mol. The van der Waals surface area contributed by atoms with Crippen LogP contribution in [-0.2, 0) is 16.1 Å². The van der Waals surface area contributed by atoms with E-state index >= 15 is 0 Å². The summed E-state index contributed by atoms with van der Waals surface area (Å²) in [4.78, 5) is 38.7. The van der Waals surface area contributed by atoms with E-state index in [0.29, 0.717) is 11.8 Å². The summed E-state index contributed by atoms with van der Waals surface area (Å²) in [6.07, 6.45) is 1.46. The fraction of sp³-hybridized carbons (Fsp3) is 0.125. The van der Waals surface area contributed by atoms with Crippen molar-refractivity contribution >= 4 is 28.9 Å². The molecule has 0 spiro atoms. The van der Waals surface area contributed by atoms with Crippen LogP contribution >= 0.6 is 11.8 Å². The summed E-state index contributed by atoms with van der Waals surface area (Å²) in [5, 5.41) is 1.96. The molecule has 0 fully saturated rings. The van der Waals surface area contributed by atoms with Gasteiger partial charge in [0.1, 0.15) is 11.6 Å². The van der Waals surface area contributed by atoms with Crippen LogP contribution in [0, 0.1) is 0 Å². The molecule has 0 aliphatic rings. The molecule has 0 saturated heterocycles. The highest BCUT2D eigenvalue weighted by atomic mass is 32.2. The molecule has 24 heavy (non-hydrogen) atoms. The minimum absolute atomic E-state index is 0.128. The first-order chi connectivity index (χ1) is 11.6. The molecule has 2 amide bonds. The Hall–Kier alpha value is -2.87. The fourth-order valence-electron chi connectivity index (χ4n) is 1.73. The second kappa shape index (κ2) is 8.68. The maximum atomic E-state index is 12.0. The van der Waals surface area contributed by atoms with Crippen LogP contribution in [0.25, 0.3) is 0 Å². The number of pyridine rings is 1. The number of hydrogen-bond donors (Lipinski definition) is 2. The molecule has 0 aliphatic heterocycles. The Morgan fingerprint density at radius 3 is 2.58 bits per heavy atom. The van der Waals surface area contributed by atoms with Gasteiger partial charge in [0, 0.05) is 18.0 Å². The van der Waals surface area contributed by atoms with Crippen molar-refractivity contribution in [2.24, 2.45) is 5.73 Å². The predicted molar refractivity (Wildman–Crippen MR) is 88.2 cm³/mol. The summed E-state index contributed by atoms with van der Waals surface area (Å²) in [6.45, 7) is -0.168. The van der Waals surface area contributed by atoms with Gasteiger partial charge in [0.2, 0.25) is 5.91 Å². The standard InChI is InChI=1S/C16H15N3O4S/c17-13(20)9-19-14(21)12-7-4-8-18-15(12)24-16(22)23-10-11-5-2-1-3-6-11/h1-8H,9-10H2,(H2,17,20)(H,19,21). The number of primary amides is 1. The first-order valence-electron chi connectivity index (χ1n) is 6.96. The van der Waals surface area contributed by atoms with E-state index in [1.807, 2.05) is 30.3 Å². The van der Waals surface area contributed by atoms with Crippen LogP contribution in [0.2, 0.25) is 0 Å². The summed E-state index contributed by atoms with van der Waals surface area (Å²) in [5.74, 6) is -1.20. The molecule has 0 unspecified atom stereocenters. The number of amides is 2. The summed E-state index contributed by atoms with van der Waals surface area (Å²) in [7, 11) is 0. The van der Waals surface area contributed by atoms with Gasteiger partial charge in [0.05, 0.1) is 12.1 Å². The lowest BCUT2D eigenvalue weighted by atomic mass is 10.2. The highest BCUT2D eigenvalue weighted by molar-refractivity contribution is 8.13. The normalized spacial score (nSPS) is 10.0. The summed E-state index contributed by atoms with van der Waals surface area (Å²) < 4.78 is 5.14. The van der Waals surface area contributed by atoms with Gasteiger partial charge in [-0.1, -0.05) is 30.3 Å². The number of carbonyl (C=O) groups is 3. The van der Waals surface area contributed by atoms with Crippen molar-refractivity contribution in [3.8, 4) is 0 Å². The molecule has 7 nitrogen and oxygen atoms in total. The number of benzene rings is 1. The number of carbonyl (C=O) groups excluding carboxylic acids is 3. The largest absolute Gasteiger partial charge is 0.452 e. The van der Waals surface area contributed by atoms with Crippen molar-refractivity contribution in [2.45, 2.75) is 11.6 Å². The van der Waals surface area contributed by atoms with E-state index in [2.05, 4.69) is 10.3 Å². The minimum Gasteiger partial charge on any atom is -0.452 e. The number of ether oxygens (including phenoxy) is 1. The van der Waals surface area contributed by atoms with Gasteiger partial charge in [-0.05, 0) is 17.7 Å². The number of thioether (sulfide) groups is 1. The molecular formula is C16H15N3O4S. The smallest absolute Gasteiger partial charge is 0.374 e. The van der Waals surface area contributed by atoms with Gasteiger partial charge in [0.25, 0.3) is 5.91 Å². The minimum atomic E-state index is -0.663. The van der Waals surface area contributed by atoms with E-state index in [1.54, 1.807) is 6.07 Å². The number of rotatable bonds is 6. The maximum Gasteiger partial charge on any atom is 0.374 e. The van der Waals surface area contributed by atoms with E-state index in [4.69, 9.17) is 10.5 Å². The molecule has 0 aliphatic carbocycles. The highest BCUT2D eigenvalue weighted by Crippen LogP contribution is 2.22. The van der Waals surface area contributed by atoms with Gasteiger partial charge < -0.3 is 15.8 Å². The molecule has 1 aromatic carbocycles. The predicted octanol–water partition coefficient (Wildman–Crippen LogP) is 1.73. The van der Waals surface area contributed by atoms with Crippen molar-refractivity contribution in [2.75, 3.05) is 6.54 Å². The van der Waals surface area contributed by atoms with Crippen LogP contribution in [-0.4, -0.2) is 28.6 Å². The van der Waals surface area contributed by atoms with Crippen molar-refractivity contribution in [3.05, 3.63) is 59.8 Å². The van der Waals surface area contributed by atoms with E-state index < -0.39 is 17.1 Å². The van der Waals surface area contributed by atoms with Gasteiger partial charge in [-0.2, -0.15) is 0 Å². The monoisotopic (exact) mass is 345 g/mol. The van der Waals surface area contributed by atoms with Gasteiger partial charge in [-0.25, -0.2) is 9.78 Å². The second-order valence-corrected chi connectivity index (χ2v) is 5.56. The maximum absolute atomic E-state index is 12.0. The fourth-order valence-corrected chi connectivity index (χ4v) is 2.39. The van der Waals surface area contributed by atoms with E-state index in [0.717, 1.165) is 5.56 Å². The van der Waals surface area contributed by atoms with Crippen LogP contribution in [0.15, 0.2) is 53.7 Å². The molecule has 124 valence electrons. The first-order valence-corrected chi connectivity index (χ1v) is 7.78. The van der Waals surface area contributed by atoms with Crippen molar-refractivity contribution < 1.29 is 19.1 Å². The lowest BCUT2D eigenvalue weighted by molar-refractivity contribution is -0.117. The van der Waals surface area contributed by atoms with Gasteiger partial charge >= 0.3 is 5.30 Å². The number of aromatic nitrogens is 1. The number of nitrogens with two attached hydrogens (primary N) is 1. The van der Waals surface area contributed by atoms with Crippen LogP contribution in [0.1, 0.15) is 15.9 Å². The summed E-state index contributed by atoms with van der Waals surface area (Å²) in [5.41, 5.74) is 6.00. The molecule has 8 heteroatoms.